The molecule has 1 aliphatic rings. The van der Waals surface area contributed by atoms with Crippen molar-refractivity contribution in [2.24, 2.45) is 5.92 Å². The van der Waals surface area contributed by atoms with Gasteiger partial charge in [0.1, 0.15) is 0 Å². The number of amides is 2. The van der Waals surface area contributed by atoms with Crippen molar-refractivity contribution >= 4 is 12.0 Å². The van der Waals surface area contributed by atoms with Crippen molar-refractivity contribution in [2.45, 2.75) is 31.7 Å². The van der Waals surface area contributed by atoms with Gasteiger partial charge in [-0.05, 0) is 12.8 Å². The Hall–Kier alpha value is -2.05. The largest absolute Gasteiger partial charge is 0.481 e. The molecule has 1 aliphatic carbocycles. The molecule has 104 valence electrons. The summed E-state index contributed by atoms with van der Waals surface area (Å²) in [5.74, 6) is -1.29. The van der Waals surface area contributed by atoms with Gasteiger partial charge < -0.3 is 20.7 Å². The molecule has 2 rings (SSSR count). The van der Waals surface area contributed by atoms with E-state index in [4.69, 9.17) is 5.11 Å². The summed E-state index contributed by atoms with van der Waals surface area (Å²) in [6, 6.07) is -0.567. The van der Waals surface area contributed by atoms with Gasteiger partial charge in [0.25, 0.3) is 0 Å². The van der Waals surface area contributed by atoms with Gasteiger partial charge in [-0.2, -0.15) is 0 Å². The first kappa shape index (κ1) is 13.4. The number of nitrogens with one attached hydrogen (secondary N) is 3. The number of imidazole rings is 1. The standard InChI is InChI=1S/C12H18N4O3/c17-11(18)9-2-1-3-10(9)16-12(19)14-5-4-8-6-13-7-15-8/h6-7,9-10H,1-5H2,(H,13,15)(H,17,18)(H2,14,16,19). The van der Waals surface area contributed by atoms with E-state index in [0.29, 0.717) is 19.4 Å². The monoisotopic (exact) mass is 266 g/mol. The van der Waals surface area contributed by atoms with E-state index in [2.05, 4.69) is 20.6 Å². The van der Waals surface area contributed by atoms with Crippen molar-refractivity contribution in [1.29, 1.82) is 0 Å². The SMILES string of the molecule is O=C(NCCc1cnc[nH]1)NC1CCCC1C(=O)O. The first-order chi connectivity index (χ1) is 9.16. The molecule has 1 heterocycles. The molecule has 0 saturated heterocycles. The van der Waals surface area contributed by atoms with Gasteiger partial charge >= 0.3 is 12.0 Å². The highest BCUT2D eigenvalue weighted by molar-refractivity contribution is 5.77. The van der Waals surface area contributed by atoms with Crippen LogP contribution in [0.25, 0.3) is 0 Å². The van der Waals surface area contributed by atoms with Gasteiger partial charge in [0.05, 0.1) is 12.2 Å². The quantitative estimate of drug-likeness (QED) is 0.622. The number of hydrogen-bond donors (Lipinski definition) is 4. The second-order valence-electron chi connectivity index (χ2n) is 4.71. The van der Waals surface area contributed by atoms with Gasteiger partial charge in [-0.1, -0.05) is 6.42 Å². The molecule has 2 atom stereocenters. The van der Waals surface area contributed by atoms with Gasteiger partial charge in [-0.25, -0.2) is 9.78 Å². The van der Waals surface area contributed by atoms with E-state index in [1.54, 1.807) is 12.5 Å². The van der Waals surface area contributed by atoms with Crippen LogP contribution in [0.1, 0.15) is 25.0 Å². The normalized spacial score (nSPS) is 22.1. The third kappa shape index (κ3) is 3.70. The van der Waals surface area contributed by atoms with E-state index in [0.717, 1.165) is 18.5 Å². The number of rotatable bonds is 5. The maximum absolute atomic E-state index is 11.7. The molecular weight excluding hydrogens is 248 g/mol. The lowest BCUT2D eigenvalue weighted by molar-refractivity contribution is -0.142. The van der Waals surface area contributed by atoms with Crippen LogP contribution in [-0.4, -0.2) is 39.7 Å². The second kappa shape index (κ2) is 6.21. The molecule has 7 heteroatoms. The Labute approximate surface area is 110 Å². The highest BCUT2D eigenvalue weighted by Gasteiger charge is 2.33. The number of aliphatic carboxylic acids is 1. The van der Waals surface area contributed by atoms with Gasteiger partial charge in [0, 0.05) is 30.9 Å². The van der Waals surface area contributed by atoms with Crippen molar-refractivity contribution in [1.82, 2.24) is 20.6 Å². The fourth-order valence-electron chi connectivity index (χ4n) is 2.38. The number of carbonyl (C=O) groups is 2. The van der Waals surface area contributed by atoms with Crippen molar-refractivity contribution in [2.75, 3.05) is 6.54 Å². The van der Waals surface area contributed by atoms with Gasteiger partial charge in [-0.15, -0.1) is 0 Å². The molecule has 0 radical (unpaired) electrons. The van der Waals surface area contributed by atoms with Crippen molar-refractivity contribution in [3.8, 4) is 0 Å². The van der Waals surface area contributed by atoms with Crippen LogP contribution >= 0.6 is 0 Å². The van der Waals surface area contributed by atoms with Gasteiger partial charge in [0.2, 0.25) is 0 Å². The third-order valence-corrected chi connectivity index (χ3v) is 3.38. The van der Waals surface area contributed by atoms with Crippen LogP contribution in [0.2, 0.25) is 0 Å². The van der Waals surface area contributed by atoms with Crippen molar-refractivity contribution in [3.63, 3.8) is 0 Å². The van der Waals surface area contributed by atoms with Crippen molar-refractivity contribution < 1.29 is 14.7 Å². The highest BCUT2D eigenvalue weighted by atomic mass is 16.4. The molecule has 1 aromatic heterocycles. The molecular formula is C12H18N4O3. The lowest BCUT2D eigenvalue weighted by Crippen LogP contribution is -2.45. The number of H-pyrrole nitrogens is 1. The second-order valence-corrected chi connectivity index (χ2v) is 4.71. The number of aromatic nitrogens is 2. The summed E-state index contributed by atoms with van der Waals surface area (Å²) in [7, 11) is 0. The number of carboxylic acids is 1. The van der Waals surface area contributed by atoms with E-state index in [1.165, 1.54) is 0 Å². The fourth-order valence-corrected chi connectivity index (χ4v) is 2.38. The van der Waals surface area contributed by atoms with Crippen LogP contribution in [0.3, 0.4) is 0 Å². The molecule has 1 fully saturated rings. The van der Waals surface area contributed by atoms with E-state index in [9.17, 15) is 9.59 Å². The van der Waals surface area contributed by atoms with E-state index >= 15 is 0 Å². The zero-order chi connectivity index (χ0) is 13.7. The van der Waals surface area contributed by atoms with Gasteiger partial charge in [0.15, 0.2) is 0 Å². The molecule has 0 aromatic carbocycles. The average molecular weight is 266 g/mol. The number of aromatic amines is 1. The molecule has 0 bridgehead atoms. The average Bonchev–Trinajstić information content (AvgIpc) is 2.99. The van der Waals surface area contributed by atoms with Crippen LogP contribution in [0.15, 0.2) is 12.5 Å². The molecule has 2 unspecified atom stereocenters. The first-order valence-corrected chi connectivity index (χ1v) is 6.41. The van der Waals surface area contributed by atoms with Crippen LogP contribution in [0.4, 0.5) is 4.79 Å². The summed E-state index contributed by atoms with van der Waals surface area (Å²) in [6.45, 7) is 0.485. The number of carboxylic acid groups (broad SMARTS) is 1. The van der Waals surface area contributed by atoms with Crippen LogP contribution < -0.4 is 10.6 Å². The predicted octanol–water partition coefficient (Wildman–Crippen LogP) is 0.505. The fraction of sp³-hybridized carbons (Fsp3) is 0.583. The lowest BCUT2D eigenvalue weighted by Gasteiger charge is -2.17. The first-order valence-electron chi connectivity index (χ1n) is 6.41. The molecule has 1 saturated carbocycles. The Morgan fingerprint density at radius 2 is 2.32 bits per heavy atom. The zero-order valence-electron chi connectivity index (χ0n) is 10.6. The minimum Gasteiger partial charge on any atom is -0.481 e. The molecule has 0 aliphatic heterocycles. The maximum atomic E-state index is 11.7. The van der Waals surface area contributed by atoms with Crippen LogP contribution in [0.5, 0.6) is 0 Å². The third-order valence-electron chi connectivity index (χ3n) is 3.38. The number of carbonyl (C=O) groups excluding carboxylic acids is 1. The minimum absolute atomic E-state index is 0.260. The Morgan fingerprint density at radius 1 is 1.47 bits per heavy atom. The maximum Gasteiger partial charge on any atom is 0.315 e. The Balaban J connectivity index is 1.70. The van der Waals surface area contributed by atoms with Crippen molar-refractivity contribution in [3.05, 3.63) is 18.2 Å². The summed E-state index contributed by atoms with van der Waals surface area (Å²) in [6.07, 6.45) is 6.16. The molecule has 1 aromatic rings. The highest BCUT2D eigenvalue weighted by Crippen LogP contribution is 2.25. The Morgan fingerprint density at radius 3 is 3.00 bits per heavy atom. The number of urea groups is 1. The molecule has 2 amide bonds. The molecule has 0 spiro atoms. The molecule has 4 N–H and O–H groups in total. The topological polar surface area (TPSA) is 107 Å². The summed E-state index contributed by atoms with van der Waals surface area (Å²) < 4.78 is 0. The summed E-state index contributed by atoms with van der Waals surface area (Å²) in [4.78, 5) is 29.5. The smallest absolute Gasteiger partial charge is 0.315 e. The van der Waals surface area contributed by atoms with Crippen LogP contribution in [-0.2, 0) is 11.2 Å². The number of nitrogens with zero attached hydrogens (tertiary/aromatic N) is 1. The van der Waals surface area contributed by atoms with E-state index < -0.39 is 11.9 Å². The molecule has 7 nitrogen and oxygen atoms in total. The lowest BCUT2D eigenvalue weighted by atomic mass is 10.0. The van der Waals surface area contributed by atoms with Gasteiger partial charge in [-0.3, -0.25) is 4.79 Å². The Kier molecular flexibility index (Phi) is 4.38. The zero-order valence-corrected chi connectivity index (χ0v) is 10.6. The Bertz CT molecular complexity index is 432. The minimum atomic E-state index is -0.833. The summed E-state index contributed by atoms with van der Waals surface area (Å²) in [5.41, 5.74) is 0.949. The van der Waals surface area contributed by atoms with E-state index in [-0.39, 0.29) is 12.1 Å². The van der Waals surface area contributed by atoms with Crippen LogP contribution in [0, 0.1) is 5.92 Å². The number of hydrogen-bond acceptors (Lipinski definition) is 3. The predicted molar refractivity (Wildman–Crippen MR) is 67.6 cm³/mol. The summed E-state index contributed by atoms with van der Waals surface area (Å²) >= 11 is 0. The molecule has 19 heavy (non-hydrogen) atoms. The van der Waals surface area contributed by atoms with E-state index in [1.807, 2.05) is 0 Å². The summed E-state index contributed by atoms with van der Waals surface area (Å²) in [5, 5.41) is 14.5.